The first-order chi connectivity index (χ1) is 8.10. The fourth-order valence-electron chi connectivity index (χ4n) is 1.34. The molecule has 1 aromatic carbocycles. The van der Waals surface area contributed by atoms with Gasteiger partial charge in [-0.25, -0.2) is 4.79 Å². The number of aliphatic hydroxyl groups excluding tert-OH is 1. The third-order valence-corrected chi connectivity index (χ3v) is 2.35. The number of rotatable bonds is 5. The molecule has 0 fully saturated rings. The van der Waals surface area contributed by atoms with Gasteiger partial charge in [0, 0.05) is 5.75 Å². The van der Waals surface area contributed by atoms with E-state index in [1.54, 1.807) is 32.2 Å². The second-order valence-electron chi connectivity index (χ2n) is 3.49. The van der Waals surface area contributed by atoms with Crippen LogP contribution in [-0.2, 0) is 30.6 Å². The molecule has 18 heavy (non-hydrogen) atoms. The Morgan fingerprint density at radius 1 is 1.56 bits per heavy atom. The first-order valence-electron chi connectivity index (χ1n) is 5.33. The molecule has 4 nitrogen and oxygen atoms in total. The molecule has 0 saturated heterocycles. The van der Waals surface area contributed by atoms with Gasteiger partial charge >= 0.3 is 27.0 Å². The molecule has 0 radical (unpaired) electrons. The molecular weight excluding hydrogens is 404 g/mol. The quantitative estimate of drug-likeness (QED) is 0.577. The third kappa shape index (κ3) is 4.43. The summed E-state index contributed by atoms with van der Waals surface area (Å²) in [5.41, 5.74) is 0.631. The molecule has 0 spiro atoms. The van der Waals surface area contributed by atoms with E-state index in [0.29, 0.717) is 11.3 Å². The van der Waals surface area contributed by atoms with Crippen LogP contribution in [0.3, 0.4) is 0 Å². The number of benzene rings is 1. The van der Waals surface area contributed by atoms with Crippen LogP contribution >= 0.6 is 0 Å². The van der Waals surface area contributed by atoms with Crippen LogP contribution in [0.2, 0.25) is 0 Å². The number of carbonyl (C=O) groups excluding carboxylic acids is 1. The molecule has 2 unspecified atom stereocenters. The maximum atomic E-state index is 11.3. The Kier molecular flexibility index (Phi) is 7.88. The molecule has 1 aromatic rings. The van der Waals surface area contributed by atoms with E-state index in [0.717, 1.165) is 0 Å². The van der Waals surface area contributed by atoms with Gasteiger partial charge in [-0.1, -0.05) is 0 Å². The summed E-state index contributed by atoms with van der Waals surface area (Å²) in [4.78, 5) is 11.3. The first-order valence-corrected chi connectivity index (χ1v) is 5.33. The Labute approximate surface area is 122 Å². The monoisotopic (exact) mass is 420 g/mol. The van der Waals surface area contributed by atoms with E-state index in [9.17, 15) is 9.90 Å². The normalized spacial score (nSPS) is 13.1. The van der Waals surface area contributed by atoms with Crippen molar-refractivity contribution in [2.45, 2.75) is 18.9 Å². The van der Waals surface area contributed by atoms with E-state index in [-0.39, 0.29) is 27.7 Å². The van der Waals surface area contributed by atoms with Gasteiger partial charge < -0.3 is 21.5 Å². The minimum atomic E-state index is -1.28. The first kappa shape index (κ1) is 17.1. The van der Waals surface area contributed by atoms with Crippen molar-refractivity contribution in [1.29, 1.82) is 0 Å². The Morgan fingerprint density at radius 2 is 2.22 bits per heavy atom. The predicted molar refractivity (Wildman–Crippen MR) is 62.6 cm³/mol. The molecule has 0 amide bonds. The SMILES string of the molecule is [CH2-]C(c1[c-]cc(OC)cc1)C(O)C(=O)OCC.[W+2]. The Hall–Kier alpha value is -0.862. The van der Waals surface area contributed by atoms with Crippen molar-refractivity contribution < 1.29 is 40.4 Å². The molecule has 0 heterocycles. The number of esters is 1. The molecule has 0 saturated carbocycles. The minimum Gasteiger partial charge on any atom is -0.554 e. The van der Waals surface area contributed by atoms with E-state index >= 15 is 0 Å². The Morgan fingerprint density at radius 3 is 2.67 bits per heavy atom. The van der Waals surface area contributed by atoms with Gasteiger partial charge in [-0.05, 0) is 6.92 Å². The molecule has 5 heteroatoms. The summed E-state index contributed by atoms with van der Waals surface area (Å²) in [5, 5.41) is 9.71. The van der Waals surface area contributed by atoms with E-state index < -0.39 is 18.0 Å². The van der Waals surface area contributed by atoms with Crippen molar-refractivity contribution in [3.8, 4) is 5.75 Å². The summed E-state index contributed by atoms with van der Waals surface area (Å²) in [7, 11) is 1.55. The van der Waals surface area contributed by atoms with Gasteiger partial charge in [0.15, 0.2) is 0 Å². The molecule has 0 aliphatic heterocycles. The average molecular weight is 420 g/mol. The molecule has 2 atom stereocenters. The molecule has 0 aliphatic carbocycles. The maximum absolute atomic E-state index is 11.3. The van der Waals surface area contributed by atoms with Crippen molar-refractivity contribution in [2.75, 3.05) is 13.7 Å². The molecule has 1 rings (SSSR count). The van der Waals surface area contributed by atoms with E-state index in [4.69, 9.17) is 9.47 Å². The number of hydrogen-bond acceptors (Lipinski definition) is 4. The summed E-state index contributed by atoms with van der Waals surface area (Å²) >= 11 is 0. The average Bonchev–Trinajstić information content (AvgIpc) is 2.37. The van der Waals surface area contributed by atoms with Gasteiger partial charge in [-0.3, -0.25) is 0 Å². The van der Waals surface area contributed by atoms with Crippen molar-refractivity contribution in [2.24, 2.45) is 0 Å². The van der Waals surface area contributed by atoms with E-state index in [1.807, 2.05) is 0 Å². The van der Waals surface area contributed by atoms with E-state index in [1.165, 1.54) is 0 Å². The van der Waals surface area contributed by atoms with E-state index in [2.05, 4.69) is 13.0 Å². The summed E-state index contributed by atoms with van der Waals surface area (Å²) in [6, 6.07) is 7.97. The minimum absolute atomic E-state index is 0. The molecule has 1 N–H and O–H groups in total. The van der Waals surface area contributed by atoms with Crippen LogP contribution in [0.25, 0.3) is 0 Å². The van der Waals surface area contributed by atoms with Crippen molar-refractivity contribution >= 4 is 5.97 Å². The van der Waals surface area contributed by atoms with Crippen molar-refractivity contribution in [3.63, 3.8) is 0 Å². The second kappa shape index (κ2) is 8.28. The van der Waals surface area contributed by atoms with Gasteiger partial charge in [-0.2, -0.15) is 17.7 Å². The number of ether oxygens (including phenoxy) is 2. The molecule has 98 valence electrons. The van der Waals surface area contributed by atoms with Crippen LogP contribution in [-0.4, -0.2) is 30.9 Å². The second-order valence-corrected chi connectivity index (χ2v) is 3.49. The molecule has 0 aliphatic rings. The number of methoxy groups -OCH3 is 1. The van der Waals surface area contributed by atoms with Gasteiger partial charge in [0.1, 0.15) is 6.10 Å². The van der Waals surface area contributed by atoms with Gasteiger partial charge in [0.25, 0.3) is 0 Å². The number of carbonyl (C=O) groups is 1. The summed E-state index contributed by atoms with van der Waals surface area (Å²) < 4.78 is 9.71. The zero-order valence-corrected chi connectivity index (χ0v) is 13.3. The summed E-state index contributed by atoms with van der Waals surface area (Å²) in [6.45, 7) is 5.66. The van der Waals surface area contributed by atoms with Gasteiger partial charge in [-0.15, -0.1) is 18.1 Å². The van der Waals surface area contributed by atoms with Crippen LogP contribution in [0.5, 0.6) is 5.75 Å². The predicted octanol–water partition coefficient (Wildman–Crippen LogP) is 1.33. The Bertz CT molecular complexity index is 364. The van der Waals surface area contributed by atoms with Crippen LogP contribution in [0.1, 0.15) is 18.4 Å². The molecule has 0 aromatic heterocycles. The third-order valence-electron chi connectivity index (χ3n) is 2.35. The summed E-state index contributed by atoms with van der Waals surface area (Å²) in [5.74, 6) is -0.622. The zero-order valence-electron chi connectivity index (χ0n) is 10.4. The van der Waals surface area contributed by atoms with Crippen LogP contribution in [0, 0.1) is 13.0 Å². The van der Waals surface area contributed by atoms with Crippen molar-refractivity contribution in [3.05, 3.63) is 36.8 Å². The number of hydrogen-bond donors (Lipinski definition) is 1. The number of aliphatic hydroxyl groups is 1. The van der Waals surface area contributed by atoms with Crippen molar-refractivity contribution in [1.82, 2.24) is 0 Å². The molecular formula is C13H16O4W. The fraction of sp³-hybridized carbons (Fsp3) is 0.385. The maximum Gasteiger partial charge on any atom is 2.00 e. The van der Waals surface area contributed by atoms with Crippen LogP contribution < -0.4 is 4.74 Å². The Balaban J connectivity index is 0.00000289. The fourth-order valence-corrected chi connectivity index (χ4v) is 1.34. The standard InChI is InChI=1S/C13H16O4.W/c1-4-17-13(15)12(14)9(2)10-5-7-11(16-3)8-6-10;/h5,7-9,12,14H,2,4H2,1,3H3;/q-2;+2. The zero-order chi connectivity index (χ0) is 12.8. The topological polar surface area (TPSA) is 55.8 Å². The van der Waals surface area contributed by atoms with Gasteiger partial charge in [0.05, 0.1) is 13.7 Å². The van der Waals surface area contributed by atoms with Crippen LogP contribution in [0.15, 0.2) is 18.2 Å². The molecule has 0 bridgehead atoms. The summed E-state index contributed by atoms with van der Waals surface area (Å²) in [6.07, 6.45) is -1.28. The van der Waals surface area contributed by atoms with Gasteiger partial charge in [0.2, 0.25) is 0 Å². The largest absolute Gasteiger partial charge is 2.00 e. The smallest absolute Gasteiger partial charge is 0.554 e. The van der Waals surface area contributed by atoms with Crippen LogP contribution in [0.4, 0.5) is 0 Å².